The second-order valence-electron chi connectivity index (χ2n) is 7.25. The van der Waals surface area contributed by atoms with Gasteiger partial charge < -0.3 is 19.3 Å². The summed E-state index contributed by atoms with van der Waals surface area (Å²) in [5.74, 6) is -0.230. The van der Waals surface area contributed by atoms with Gasteiger partial charge >= 0.3 is 6.18 Å². The minimum atomic E-state index is -4.88. The first-order chi connectivity index (χ1) is 15.6. The summed E-state index contributed by atoms with van der Waals surface area (Å²) in [5, 5.41) is 5.51. The van der Waals surface area contributed by atoms with Crippen LogP contribution >= 0.6 is 11.6 Å². The molecule has 1 N–H and O–H groups in total. The molecule has 0 unspecified atom stereocenters. The Labute approximate surface area is 191 Å². The van der Waals surface area contributed by atoms with Crippen molar-refractivity contribution in [3.63, 3.8) is 0 Å². The van der Waals surface area contributed by atoms with Crippen LogP contribution in [0.25, 0.3) is 0 Å². The average Bonchev–Trinajstić information content (AvgIpc) is 2.77. The normalized spacial score (nSPS) is 15.4. The summed E-state index contributed by atoms with van der Waals surface area (Å²) in [6, 6.07) is 0. The Bertz CT molecular complexity index is 996. The number of amides is 1. The highest BCUT2D eigenvalue weighted by atomic mass is 35.5. The van der Waals surface area contributed by atoms with Crippen LogP contribution in [0.2, 0.25) is 5.02 Å². The molecular weight excluding hydrogens is 469 g/mol. The molecule has 2 aromatic heterocycles. The van der Waals surface area contributed by atoms with Gasteiger partial charge in [-0.1, -0.05) is 11.6 Å². The van der Waals surface area contributed by atoms with Crippen molar-refractivity contribution in [1.82, 2.24) is 25.1 Å². The number of hydrogen-bond donors (Lipinski definition) is 1. The minimum absolute atomic E-state index is 0.0730. The lowest BCUT2D eigenvalue weighted by molar-refractivity contribution is -0.140. The number of ether oxygens (including phenoxy) is 2. The molecule has 3 rings (SSSR count). The number of anilines is 1. The molecule has 0 spiro atoms. The van der Waals surface area contributed by atoms with E-state index in [1.807, 2.05) is 4.90 Å². The van der Waals surface area contributed by atoms with E-state index in [0.29, 0.717) is 37.1 Å². The van der Waals surface area contributed by atoms with E-state index in [-0.39, 0.29) is 25.5 Å². The number of rotatable bonds is 8. The van der Waals surface area contributed by atoms with E-state index < -0.39 is 29.2 Å². The fourth-order valence-corrected chi connectivity index (χ4v) is 3.24. The number of hydrogen-bond acceptors (Lipinski definition) is 8. The van der Waals surface area contributed by atoms with Crippen molar-refractivity contribution in [2.45, 2.75) is 25.6 Å². The molecule has 10 nitrogen and oxygen atoms in total. The van der Waals surface area contributed by atoms with Gasteiger partial charge in [-0.25, -0.2) is 15.1 Å². The zero-order valence-corrected chi connectivity index (χ0v) is 18.4. The van der Waals surface area contributed by atoms with Crippen molar-refractivity contribution in [2.75, 3.05) is 44.3 Å². The number of carbonyl (C=O) groups excluding carboxylic acids is 1. The molecule has 0 radical (unpaired) electrons. The summed E-state index contributed by atoms with van der Waals surface area (Å²) in [4.78, 5) is 35.8. The molecule has 1 amide bonds. The average molecular weight is 491 g/mol. The third kappa shape index (κ3) is 6.78. The zero-order valence-electron chi connectivity index (χ0n) is 17.6. The summed E-state index contributed by atoms with van der Waals surface area (Å²) in [6.45, 7) is 3.56. The topological polar surface area (TPSA) is 114 Å². The first kappa shape index (κ1) is 24.7. The monoisotopic (exact) mass is 490 g/mol. The van der Waals surface area contributed by atoms with Gasteiger partial charge in [0.05, 0.1) is 42.7 Å². The third-order valence-corrected chi connectivity index (χ3v) is 5.01. The highest BCUT2D eigenvalue weighted by Gasteiger charge is 2.38. The van der Waals surface area contributed by atoms with E-state index >= 15 is 0 Å². The van der Waals surface area contributed by atoms with Crippen molar-refractivity contribution < 1.29 is 27.4 Å². The maximum Gasteiger partial charge on any atom is 0.425 e. The lowest BCUT2D eigenvalue weighted by Gasteiger charge is -2.34. The predicted octanol–water partition coefficient (Wildman–Crippen LogP) is 1.75. The van der Waals surface area contributed by atoms with Gasteiger partial charge in [0, 0.05) is 26.2 Å². The molecule has 33 heavy (non-hydrogen) atoms. The highest BCUT2D eigenvalue weighted by molar-refractivity contribution is 6.30. The number of piperazine rings is 1. The van der Waals surface area contributed by atoms with Crippen molar-refractivity contribution >= 4 is 23.5 Å². The lowest BCUT2D eigenvalue weighted by atomic mass is 10.2. The number of halogens is 4. The highest BCUT2D eigenvalue weighted by Crippen LogP contribution is 2.32. The molecular formula is C19H22ClF3N6O4. The van der Waals surface area contributed by atoms with Crippen LogP contribution in [0.15, 0.2) is 23.4 Å². The molecule has 0 saturated carbocycles. The van der Waals surface area contributed by atoms with Crippen LogP contribution in [-0.2, 0) is 15.7 Å². The Hall–Kier alpha value is -2.93. The molecule has 1 fully saturated rings. The van der Waals surface area contributed by atoms with Gasteiger partial charge in [-0.05, 0) is 6.92 Å². The Kier molecular flexibility index (Phi) is 8.08. The molecule has 1 aliphatic heterocycles. The summed E-state index contributed by atoms with van der Waals surface area (Å²) < 4.78 is 49.6. The number of H-pyrrole nitrogens is 1. The Morgan fingerprint density at radius 2 is 1.88 bits per heavy atom. The maximum atomic E-state index is 13.0. The fraction of sp³-hybridized carbons (Fsp3) is 0.526. The predicted molar refractivity (Wildman–Crippen MR) is 111 cm³/mol. The fourth-order valence-electron chi connectivity index (χ4n) is 3.15. The van der Waals surface area contributed by atoms with Crippen LogP contribution in [0.1, 0.15) is 18.9 Å². The molecule has 1 saturated heterocycles. The quantitative estimate of drug-likeness (QED) is 0.595. The molecule has 14 heteroatoms. The Balaban J connectivity index is 1.39. The van der Waals surface area contributed by atoms with Gasteiger partial charge in [-0.3, -0.25) is 9.59 Å². The van der Waals surface area contributed by atoms with Gasteiger partial charge in [-0.15, -0.1) is 0 Å². The SMILES string of the molecule is C[C@@H](COc1cn[nH]c(=O)c1C(F)(F)F)OCCC(=O)N1CCN(c2ncc(Cl)cn2)CC1. The van der Waals surface area contributed by atoms with Gasteiger partial charge in [0.2, 0.25) is 11.9 Å². The molecule has 0 aliphatic carbocycles. The summed E-state index contributed by atoms with van der Waals surface area (Å²) in [6.07, 6.45) is -1.57. The van der Waals surface area contributed by atoms with Gasteiger partial charge in [0.1, 0.15) is 6.61 Å². The van der Waals surface area contributed by atoms with Crippen molar-refractivity contribution in [1.29, 1.82) is 0 Å². The van der Waals surface area contributed by atoms with E-state index in [9.17, 15) is 22.8 Å². The van der Waals surface area contributed by atoms with Crippen molar-refractivity contribution in [3.05, 3.63) is 39.5 Å². The van der Waals surface area contributed by atoms with E-state index in [1.165, 1.54) is 12.4 Å². The molecule has 3 heterocycles. The standard InChI is InChI=1S/C19H22ClF3N6O4/c1-12(11-33-14-10-26-27-17(31)16(14)19(21,22)23)32-7-2-15(30)28-3-5-29(6-4-28)18-24-8-13(20)9-25-18/h8-10,12H,2-7,11H2,1H3,(H,27,31)/t12-/m0/s1. The van der Waals surface area contributed by atoms with Crippen LogP contribution in [0.4, 0.5) is 19.1 Å². The second-order valence-corrected chi connectivity index (χ2v) is 7.68. The summed E-state index contributed by atoms with van der Waals surface area (Å²) in [7, 11) is 0. The third-order valence-electron chi connectivity index (χ3n) is 4.82. The summed E-state index contributed by atoms with van der Waals surface area (Å²) in [5.41, 5.74) is -2.84. The first-order valence-corrected chi connectivity index (χ1v) is 10.4. The summed E-state index contributed by atoms with van der Waals surface area (Å²) >= 11 is 5.79. The van der Waals surface area contributed by atoms with Gasteiger partial charge in [0.15, 0.2) is 11.3 Å². The van der Waals surface area contributed by atoms with E-state index in [1.54, 1.807) is 16.9 Å². The molecule has 2 aromatic rings. The number of nitrogens with one attached hydrogen (secondary N) is 1. The smallest absolute Gasteiger partial charge is 0.425 e. The van der Waals surface area contributed by atoms with E-state index in [2.05, 4.69) is 15.1 Å². The molecule has 1 aliphatic rings. The number of alkyl halides is 3. The number of aromatic amines is 1. The molecule has 0 aromatic carbocycles. The lowest BCUT2D eigenvalue weighted by Crippen LogP contribution is -2.49. The van der Waals surface area contributed by atoms with Crippen molar-refractivity contribution in [2.24, 2.45) is 0 Å². The largest absolute Gasteiger partial charge is 0.488 e. The zero-order chi connectivity index (χ0) is 24.0. The Morgan fingerprint density at radius 1 is 1.21 bits per heavy atom. The first-order valence-electron chi connectivity index (χ1n) is 10.0. The van der Waals surface area contributed by atoms with Gasteiger partial charge in [0.25, 0.3) is 5.56 Å². The van der Waals surface area contributed by atoms with Crippen LogP contribution in [0, 0.1) is 0 Å². The van der Waals surface area contributed by atoms with Crippen molar-refractivity contribution in [3.8, 4) is 5.75 Å². The van der Waals surface area contributed by atoms with Crippen LogP contribution in [-0.4, -0.2) is 76.5 Å². The minimum Gasteiger partial charge on any atom is -0.488 e. The molecule has 1 atom stereocenters. The molecule has 0 bridgehead atoms. The van der Waals surface area contributed by atoms with E-state index in [4.69, 9.17) is 21.1 Å². The number of aromatic nitrogens is 4. The maximum absolute atomic E-state index is 13.0. The van der Waals surface area contributed by atoms with Crippen LogP contribution in [0.5, 0.6) is 5.75 Å². The Morgan fingerprint density at radius 3 is 2.52 bits per heavy atom. The van der Waals surface area contributed by atoms with E-state index in [0.717, 1.165) is 6.20 Å². The second kappa shape index (κ2) is 10.8. The van der Waals surface area contributed by atoms with Crippen LogP contribution < -0.4 is 15.2 Å². The molecule has 180 valence electrons. The number of nitrogens with zero attached hydrogens (tertiary/aromatic N) is 5. The number of carbonyl (C=O) groups is 1. The van der Waals surface area contributed by atoms with Gasteiger partial charge in [-0.2, -0.15) is 18.3 Å². The van der Waals surface area contributed by atoms with Crippen LogP contribution in [0.3, 0.4) is 0 Å².